The van der Waals surface area contributed by atoms with E-state index < -0.39 is 0 Å². The molecule has 0 fully saturated rings. The van der Waals surface area contributed by atoms with Crippen molar-refractivity contribution in [1.82, 2.24) is 0 Å². The molecule has 24 heavy (non-hydrogen) atoms. The van der Waals surface area contributed by atoms with Gasteiger partial charge in [0.05, 0.1) is 19.8 Å². The molecule has 1 aromatic rings. The van der Waals surface area contributed by atoms with Crippen LogP contribution >= 0.6 is 0 Å². The maximum atomic E-state index is 12.4. The molecule has 0 atom stereocenters. The highest BCUT2D eigenvalue weighted by molar-refractivity contribution is 6.34. The number of rotatable bonds is 12. The molecule has 1 aromatic carbocycles. The van der Waals surface area contributed by atoms with Crippen LogP contribution in [-0.2, 0) is 4.74 Å². The minimum absolute atomic E-state index is 0.321. The molecule has 0 aliphatic heterocycles. The SMILES string of the molecule is Bc1cc(C(=O)OCCCC)c(OCCCC)cc1OCCCC. The maximum absolute atomic E-state index is 12.4. The van der Waals surface area contributed by atoms with Crippen LogP contribution in [0, 0.1) is 0 Å². The number of hydrogen-bond acceptors (Lipinski definition) is 4. The summed E-state index contributed by atoms with van der Waals surface area (Å²) in [5, 5.41) is 0. The molecule has 0 saturated carbocycles. The highest BCUT2D eigenvalue weighted by Crippen LogP contribution is 2.25. The predicted octanol–water partition coefficient (Wildman–Crippen LogP) is 3.26. The van der Waals surface area contributed by atoms with Gasteiger partial charge in [-0.1, -0.05) is 40.0 Å². The number of carbonyl (C=O) groups is 1. The lowest BCUT2D eigenvalue weighted by molar-refractivity contribution is 0.0495. The van der Waals surface area contributed by atoms with E-state index in [2.05, 4.69) is 20.8 Å². The summed E-state index contributed by atoms with van der Waals surface area (Å²) in [4.78, 5) is 12.4. The van der Waals surface area contributed by atoms with E-state index in [0.29, 0.717) is 31.1 Å². The van der Waals surface area contributed by atoms with E-state index >= 15 is 0 Å². The van der Waals surface area contributed by atoms with Crippen molar-refractivity contribution in [3.63, 3.8) is 0 Å². The first kappa shape index (κ1) is 20.4. The zero-order valence-corrected chi connectivity index (χ0v) is 15.7. The number of benzene rings is 1. The summed E-state index contributed by atoms with van der Waals surface area (Å²) < 4.78 is 17.0. The Balaban J connectivity index is 2.92. The molecular weight excluding hydrogens is 303 g/mol. The van der Waals surface area contributed by atoms with E-state index in [9.17, 15) is 4.79 Å². The van der Waals surface area contributed by atoms with Gasteiger partial charge >= 0.3 is 5.97 Å². The van der Waals surface area contributed by atoms with E-state index in [1.165, 1.54) is 0 Å². The first-order valence-corrected chi connectivity index (χ1v) is 9.21. The molecule has 0 spiro atoms. The number of unbranched alkanes of at least 4 members (excludes halogenated alkanes) is 3. The van der Waals surface area contributed by atoms with Crippen molar-refractivity contribution < 1.29 is 19.0 Å². The quantitative estimate of drug-likeness (QED) is 0.334. The van der Waals surface area contributed by atoms with Gasteiger partial charge < -0.3 is 14.2 Å². The van der Waals surface area contributed by atoms with Gasteiger partial charge in [-0.3, -0.25) is 0 Å². The Morgan fingerprint density at radius 1 is 0.875 bits per heavy atom. The molecule has 4 nitrogen and oxygen atoms in total. The van der Waals surface area contributed by atoms with E-state index in [1.54, 1.807) is 0 Å². The van der Waals surface area contributed by atoms with Crippen molar-refractivity contribution in [1.29, 1.82) is 0 Å². The van der Waals surface area contributed by atoms with Crippen LogP contribution < -0.4 is 14.9 Å². The maximum Gasteiger partial charge on any atom is 0.341 e. The highest BCUT2D eigenvalue weighted by atomic mass is 16.5. The monoisotopic (exact) mass is 334 g/mol. The van der Waals surface area contributed by atoms with Gasteiger partial charge in [-0.15, -0.1) is 0 Å². The van der Waals surface area contributed by atoms with E-state index in [4.69, 9.17) is 14.2 Å². The number of hydrogen-bond donors (Lipinski definition) is 0. The lowest BCUT2D eigenvalue weighted by Crippen LogP contribution is -2.17. The molecule has 0 N–H and O–H groups in total. The molecule has 5 heteroatoms. The molecule has 0 aliphatic carbocycles. The minimum Gasteiger partial charge on any atom is -0.494 e. The lowest BCUT2D eigenvalue weighted by atomic mass is 9.92. The number of esters is 1. The van der Waals surface area contributed by atoms with Crippen LogP contribution in [0.4, 0.5) is 0 Å². The molecule has 0 amide bonds. The number of ether oxygens (including phenoxy) is 3. The Bertz CT molecular complexity index is 502. The predicted molar refractivity (Wildman–Crippen MR) is 101 cm³/mol. The Labute approximate surface area is 147 Å². The van der Waals surface area contributed by atoms with Gasteiger partial charge in [0.15, 0.2) is 0 Å². The summed E-state index contributed by atoms with van der Waals surface area (Å²) in [6.07, 6.45) is 5.95. The molecule has 0 saturated heterocycles. The molecule has 0 bridgehead atoms. The van der Waals surface area contributed by atoms with Crippen molar-refractivity contribution in [2.24, 2.45) is 0 Å². The third-order valence-corrected chi connectivity index (χ3v) is 3.74. The van der Waals surface area contributed by atoms with Crippen molar-refractivity contribution in [3.05, 3.63) is 17.7 Å². The average Bonchev–Trinajstić information content (AvgIpc) is 2.57. The summed E-state index contributed by atoms with van der Waals surface area (Å²) >= 11 is 0. The fourth-order valence-electron chi connectivity index (χ4n) is 2.14. The van der Waals surface area contributed by atoms with Crippen molar-refractivity contribution in [3.8, 4) is 11.5 Å². The Hall–Kier alpha value is -1.65. The zero-order chi connectivity index (χ0) is 17.8. The lowest BCUT2D eigenvalue weighted by Gasteiger charge is -2.16. The second-order valence-electron chi connectivity index (χ2n) is 6.01. The molecular formula is C19H31BO4. The zero-order valence-electron chi connectivity index (χ0n) is 15.7. The van der Waals surface area contributed by atoms with Crippen LogP contribution in [0.3, 0.4) is 0 Å². The van der Waals surface area contributed by atoms with Crippen LogP contribution in [0.1, 0.15) is 69.7 Å². The summed E-state index contributed by atoms with van der Waals surface area (Å²) in [5.41, 5.74) is 1.42. The molecule has 0 unspecified atom stereocenters. The third kappa shape index (κ3) is 6.85. The van der Waals surface area contributed by atoms with Crippen molar-refractivity contribution >= 4 is 19.3 Å². The molecule has 1 rings (SSSR count). The van der Waals surface area contributed by atoms with E-state index in [-0.39, 0.29) is 5.97 Å². The first-order chi connectivity index (χ1) is 11.6. The molecule has 0 aromatic heterocycles. The van der Waals surface area contributed by atoms with Crippen molar-refractivity contribution in [2.45, 2.75) is 59.3 Å². The fraction of sp³-hybridized carbons (Fsp3) is 0.632. The third-order valence-electron chi connectivity index (χ3n) is 3.74. The highest BCUT2D eigenvalue weighted by Gasteiger charge is 2.17. The van der Waals surface area contributed by atoms with Crippen LogP contribution in [0.25, 0.3) is 0 Å². The van der Waals surface area contributed by atoms with Crippen LogP contribution in [0.15, 0.2) is 12.1 Å². The van der Waals surface area contributed by atoms with Crippen molar-refractivity contribution in [2.75, 3.05) is 19.8 Å². The molecule has 134 valence electrons. The Morgan fingerprint density at radius 2 is 1.42 bits per heavy atom. The summed E-state index contributed by atoms with van der Waals surface area (Å²) in [6.45, 7) is 8.01. The van der Waals surface area contributed by atoms with E-state index in [1.807, 2.05) is 20.0 Å². The number of carbonyl (C=O) groups excluding carboxylic acids is 1. The van der Waals surface area contributed by atoms with Gasteiger partial charge in [-0.25, -0.2) is 4.79 Å². The fourth-order valence-corrected chi connectivity index (χ4v) is 2.14. The topological polar surface area (TPSA) is 44.8 Å². The second kappa shape index (κ2) is 11.8. The Kier molecular flexibility index (Phi) is 10.1. The average molecular weight is 334 g/mol. The van der Waals surface area contributed by atoms with Gasteiger partial charge in [0.25, 0.3) is 0 Å². The van der Waals surface area contributed by atoms with E-state index in [0.717, 1.165) is 49.7 Å². The molecule has 0 heterocycles. The smallest absolute Gasteiger partial charge is 0.341 e. The largest absolute Gasteiger partial charge is 0.494 e. The van der Waals surface area contributed by atoms with Gasteiger partial charge in [-0.2, -0.15) is 0 Å². The van der Waals surface area contributed by atoms with Crippen LogP contribution in [-0.4, -0.2) is 33.6 Å². The normalized spacial score (nSPS) is 10.5. The van der Waals surface area contributed by atoms with Crippen LogP contribution in [0.5, 0.6) is 11.5 Å². The summed E-state index contributed by atoms with van der Waals surface area (Å²) in [5.74, 6) is 1.01. The summed E-state index contributed by atoms with van der Waals surface area (Å²) in [6, 6.07) is 3.65. The Morgan fingerprint density at radius 3 is 2.00 bits per heavy atom. The van der Waals surface area contributed by atoms with Crippen LogP contribution in [0.2, 0.25) is 0 Å². The van der Waals surface area contributed by atoms with Gasteiger partial charge in [0, 0.05) is 6.07 Å². The second-order valence-corrected chi connectivity index (χ2v) is 6.01. The van der Waals surface area contributed by atoms with Gasteiger partial charge in [-0.05, 0) is 30.8 Å². The molecule has 0 radical (unpaired) electrons. The standard InChI is InChI=1S/C19H31BO4/c1-4-7-10-22-17-14-18(23-11-8-5-2)16(20)13-15(17)19(21)24-12-9-6-3/h13-14H,4-12,20H2,1-3H3. The summed E-state index contributed by atoms with van der Waals surface area (Å²) in [7, 11) is 1.94. The van der Waals surface area contributed by atoms with Gasteiger partial charge in [0.1, 0.15) is 24.9 Å². The first-order valence-electron chi connectivity index (χ1n) is 9.21. The van der Waals surface area contributed by atoms with Gasteiger partial charge in [0.2, 0.25) is 0 Å². The molecule has 0 aliphatic rings. The minimum atomic E-state index is -0.321.